The van der Waals surface area contributed by atoms with Crippen LogP contribution < -0.4 is 5.32 Å². The van der Waals surface area contributed by atoms with Crippen LogP contribution in [0.3, 0.4) is 0 Å². The van der Waals surface area contributed by atoms with Crippen molar-refractivity contribution < 1.29 is 13.5 Å². The van der Waals surface area contributed by atoms with Crippen LogP contribution in [0.15, 0.2) is 12.3 Å². The molecule has 20 heavy (non-hydrogen) atoms. The Morgan fingerprint density at radius 2 is 2.15 bits per heavy atom. The fourth-order valence-corrected chi connectivity index (χ4v) is 2.78. The van der Waals surface area contributed by atoms with Gasteiger partial charge in [0, 0.05) is 32.4 Å². The number of anilines is 1. The summed E-state index contributed by atoms with van der Waals surface area (Å²) in [6, 6.07) is 1.80. The first-order chi connectivity index (χ1) is 9.52. The monoisotopic (exact) mass is 304 g/mol. The molecule has 1 fully saturated rings. The molecule has 0 unspecified atom stereocenters. The highest BCUT2D eigenvalue weighted by molar-refractivity contribution is 6.31. The Morgan fingerprint density at radius 3 is 2.75 bits per heavy atom. The number of ether oxygens (including phenoxy) is 1. The summed E-state index contributed by atoms with van der Waals surface area (Å²) >= 11 is 6.23. The molecule has 0 saturated heterocycles. The van der Waals surface area contributed by atoms with Crippen molar-refractivity contribution in [3.05, 3.63) is 23.0 Å². The number of halogens is 3. The Balaban J connectivity index is 1.99. The van der Waals surface area contributed by atoms with Crippen LogP contribution in [0.4, 0.5) is 14.5 Å². The number of hydrogen-bond acceptors (Lipinski definition) is 3. The Bertz CT molecular complexity index is 447. The van der Waals surface area contributed by atoms with Gasteiger partial charge in [0.05, 0.1) is 29.2 Å². The SMILES string of the molecule is COCCNc1cnc(C2CCC(F)(F)CC2)c(Cl)c1. The van der Waals surface area contributed by atoms with Gasteiger partial charge in [-0.15, -0.1) is 0 Å². The van der Waals surface area contributed by atoms with E-state index in [1.54, 1.807) is 19.4 Å². The number of rotatable bonds is 5. The van der Waals surface area contributed by atoms with Gasteiger partial charge in [0.2, 0.25) is 5.92 Å². The van der Waals surface area contributed by atoms with E-state index in [2.05, 4.69) is 10.3 Å². The predicted molar refractivity (Wildman–Crippen MR) is 75.8 cm³/mol. The van der Waals surface area contributed by atoms with Gasteiger partial charge in [0.25, 0.3) is 0 Å². The number of methoxy groups -OCH3 is 1. The zero-order valence-corrected chi connectivity index (χ0v) is 12.2. The van der Waals surface area contributed by atoms with E-state index in [-0.39, 0.29) is 18.8 Å². The molecule has 2 rings (SSSR count). The van der Waals surface area contributed by atoms with Crippen molar-refractivity contribution in [3.63, 3.8) is 0 Å². The summed E-state index contributed by atoms with van der Waals surface area (Å²) in [6.07, 6.45) is 2.42. The Labute approximate surface area is 122 Å². The number of hydrogen-bond donors (Lipinski definition) is 1. The largest absolute Gasteiger partial charge is 0.383 e. The molecule has 1 aliphatic carbocycles. The lowest BCUT2D eigenvalue weighted by Gasteiger charge is -2.28. The topological polar surface area (TPSA) is 34.1 Å². The maximum absolute atomic E-state index is 13.2. The van der Waals surface area contributed by atoms with Crippen molar-refractivity contribution in [1.29, 1.82) is 0 Å². The third-order valence-electron chi connectivity index (χ3n) is 3.61. The maximum atomic E-state index is 13.2. The highest BCUT2D eigenvalue weighted by atomic mass is 35.5. The molecule has 1 aliphatic rings. The first-order valence-electron chi connectivity index (χ1n) is 6.78. The van der Waals surface area contributed by atoms with Crippen molar-refractivity contribution >= 4 is 17.3 Å². The van der Waals surface area contributed by atoms with Crippen molar-refractivity contribution in [2.24, 2.45) is 0 Å². The normalized spacial score (nSPS) is 19.0. The molecule has 0 aliphatic heterocycles. The molecular formula is C14H19ClF2N2O. The summed E-state index contributed by atoms with van der Waals surface area (Å²) in [6.45, 7) is 1.26. The van der Waals surface area contributed by atoms with Crippen molar-refractivity contribution in [2.75, 3.05) is 25.6 Å². The molecule has 112 valence electrons. The minimum Gasteiger partial charge on any atom is -0.383 e. The lowest BCUT2D eigenvalue weighted by Crippen LogP contribution is -2.24. The predicted octanol–water partition coefficient (Wildman–Crippen LogP) is 4.09. The molecule has 3 nitrogen and oxygen atoms in total. The minimum absolute atomic E-state index is 0.0372. The van der Waals surface area contributed by atoms with Gasteiger partial charge in [-0.25, -0.2) is 8.78 Å². The van der Waals surface area contributed by atoms with Gasteiger partial charge in [0.15, 0.2) is 0 Å². The van der Waals surface area contributed by atoms with Gasteiger partial charge in [-0.3, -0.25) is 4.98 Å². The van der Waals surface area contributed by atoms with Gasteiger partial charge in [-0.05, 0) is 18.9 Å². The van der Waals surface area contributed by atoms with E-state index in [0.29, 0.717) is 31.0 Å². The van der Waals surface area contributed by atoms with Crippen LogP contribution in [-0.2, 0) is 4.74 Å². The fourth-order valence-electron chi connectivity index (χ4n) is 2.46. The van der Waals surface area contributed by atoms with E-state index in [0.717, 1.165) is 11.4 Å². The van der Waals surface area contributed by atoms with Crippen molar-refractivity contribution in [3.8, 4) is 0 Å². The zero-order valence-electron chi connectivity index (χ0n) is 11.5. The minimum atomic E-state index is -2.52. The second-order valence-electron chi connectivity index (χ2n) is 5.14. The number of aromatic nitrogens is 1. The summed E-state index contributed by atoms with van der Waals surface area (Å²) in [5, 5.41) is 3.68. The van der Waals surface area contributed by atoms with Gasteiger partial charge in [0.1, 0.15) is 0 Å². The molecule has 0 amide bonds. The molecule has 1 heterocycles. The molecule has 1 saturated carbocycles. The van der Waals surface area contributed by atoms with E-state index in [1.807, 2.05) is 0 Å². The number of nitrogens with one attached hydrogen (secondary N) is 1. The van der Waals surface area contributed by atoms with Crippen LogP contribution in [-0.4, -0.2) is 31.2 Å². The van der Waals surface area contributed by atoms with Crippen LogP contribution in [0.25, 0.3) is 0 Å². The summed E-state index contributed by atoms with van der Waals surface area (Å²) in [4.78, 5) is 4.35. The number of alkyl halides is 2. The van der Waals surface area contributed by atoms with E-state index < -0.39 is 5.92 Å². The zero-order chi connectivity index (χ0) is 14.6. The third kappa shape index (κ3) is 4.03. The molecule has 0 atom stereocenters. The number of pyridine rings is 1. The van der Waals surface area contributed by atoms with Gasteiger partial charge in [-0.2, -0.15) is 0 Å². The van der Waals surface area contributed by atoms with Crippen LogP contribution in [0.1, 0.15) is 37.3 Å². The second-order valence-corrected chi connectivity index (χ2v) is 5.55. The molecule has 0 radical (unpaired) electrons. The maximum Gasteiger partial charge on any atom is 0.248 e. The summed E-state index contributed by atoms with van der Waals surface area (Å²) in [5.41, 5.74) is 1.55. The summed E-state index contributed by atoms with van der Waals surface area (Å²) in [7, 11) is 1.63. The lowest BCUT2D eigenvalue weighted by atomic mass is 9.84. The van der Waals surface area contributed by atoms with E-state index in [4.69, 9.17) is 16.3 Å². The van der Waals surface area contributed by atoms with Crippen LogP contribution in [0.2, 0.25) is 5.02 Å². The fraction of sp³-hybridized carbons (Fsp3) is 0.643. The molecule has 0 spiro atoms. The molecule has 0 bridgehead atoms. The third-order valence-corrected chi connectivity index (χ3v) is 3.91. The van der Waals surface area contributed by atoms with Crippen LogP contribution in [0, 0.1) is 0 Å². The van der Waals surface area contributed by atoms with Crippen molar-refractivity contribution in [1.82, 2.24) is 4.98 Å². The average molecular weight is 305 g/mol. The first kappa shape index (κ1) is 15.4. The van der Waals surface area contributed by atoms with E-state index in [1.165, 1.54) is 0 Å². The summed E-state index contributed by atoms with van der Waals surface area (Å²) < 4.78 is 31.3. The number of nitrogens with zero attached hydrogens (tertiary/aromatic N) is 1. The van der Waals surface area contributed by atoms with Gasteiger partial charge >= 0.3 is 0 Å². The molecule has 1 aromatic rings. The molecule has 0 aromatic carbocycles. The molecule has 1 N–H and O–H groups in total. The molecule has 1 aromatic heterocycles. The van der Waals surface area contributed by atoms with Gasteiger partial charge < -0.3 is 10.1 Å². The standard InChI is InChI=1S/C14H19ClF2N2O/c1-20-7-6-18-11-8-12(15)13(19-9-11)10-2-4-14(16,17)5-3-10/h8-10,18H,2-7H2,1H3. The first-order valence-corrected chi connectivity index (χ1v) is 7.16. The van der Waals surface area contributed by atoms with Crippen molar-refractivity contribution in [2.45, 2.75) is 37.5 Å². The smallest absolute Gasteiger partial charge is 0.248 e. The van der Waals surface area contributed by atoms with E-state index in [9.17, 15) is 8.78 Å². The lowest BCUT2D eigenvalue weighted by molar-refractivity contribution is -0.0384. The molecular weight excluding hydrogens is 286 g/mol. The van der Waals surface area contributed by atoms with Crippen LogP contribution >= 0.6 is 11.6 Å². The van der Waals surface area contributed by atoms with Crippen LogP contribution in [0.5, 0.6) is 0 Å². The average Bonchev–Trinajstić information content (AvgIpc) is 2.40. The Kier molecular flexibility index (Phi) is 5.16. The van der Waals surface area contributed by atoms with E-state index >= 15 is 0 Å². The molecule has 6 heteroatoms. The highest BCUT2D eigenvalue weighted by Gasteiger charge is 2.36. The second kappa shape index (κ2) is 6.68. The quantitative estimate of drug-likeness (QED) is 0.832. The Morgan fingerprint density at radius 1 is 1.45 bits per heavy atom. The highest BCUT2D eigenvalue weighted by Crippen LogP contribution is 2.42. The Hall–Kier alpha value is -0.940. The summed E-state index contributed by atoms with van der Waals surface area (Å²) in [5.74, 6) is -2.49. The van der Waals surface area contributed by atoms with Gasteiger partial charge in [-0.1, -0.05) is 11.6 Å².